The number of aryl methyl sites for hydroxylation is 1. The normalized spacial score (nSPS) is 11.1. The maximum atomic E-state index is 12.9. The Hall–Kier alpha value is -2.84. The number of hydrogen-bond acceptors (Lipinski definition) is 5. The molecule has 0 atom stereocenters. The highest BCUT2D eigenvalue weighted by molar-refractivity contribution is 7.92. The van der Waals surface area contributed by atoms with Gasteiger partial charge in [-0.15, -0.1) is 11.3 Å². The SMILES string of the molecule is COc1ccc(C(=O)NCc2cccs2)cc1S(=O)(=O)Nc1ccc(C)cc1. The number of hydrogen-bond donors (Lipinski definition) is 2. The van der Waals surface area contributed by atoms with Gasteiger partial charge in [0, 0.05) is 16.1 Å². The summed E-state index contributed by atoms with van der Waals surface area (Å²) in [7, 11) is -2.55. The molecule has 0 saturated carbocycles. The van der Waals surface area contributed by atoms with Crippen molar-refractivity contribution in [1.82, 2.24) is 5.32 Å². The summed E-state index contributed by atoms with van der Waals surface area (Å²) in [6.07, 6.45) is 0. The summed E-state index contributed by atoms with van der Waals surface area (Å²) in [4.78, 5) is 13.4. The highest BCUT2D eigenvalue weighted by Gasteiger charge is 2.22. The number of carbonyl (C=O) groups is 1. The molecule has 0 aliphatic rings. The van der Waals surface area contributed by atoms with Crippen molar-refractivity contribution >= 4 is 33.0 Å². The molecule has 6 nitrogen and oxygen atoms in total. The molecule has 0 spiro atoms. The largest absolute Gasteiger partial charge is 0.495 e. The number of carbonyl (C=O) groups excluding carboxylic acids is 1. The number of sulfonamides is 1. The third kappa shape index (κ3) is 4.71. The van der Waals surface area contributed by atoms with Crippen molar-refractivity contribution in [2.45, 2.75) is 18.4 Å². The zero-order valence-electron chi connectivity index (χ0n) is 15.4. The second kappa shape index (κ2) is 8.45. The first-order valence-electron chi connectivity index (χ1n) is 8.47. The van der Waals surface area contributed by atoms with Gasteiger partial charge in [-0.05, 0) is 48.7 Å². The average molecular weight is 417 g/mol. The second-order valence-corrected chi connectivity index (χ2v) is 8.78. The van der Waals surface area contributed by atoms with Crippen LogP contribution in [-0.4, -0.2) is 21.4 Å². The van der Waals surface area contributed by atoms with Crippen LogP contribution >= 0.6 is 11.3 Å². The van der Waals surface area contributed by atoms with E-state index in [1.807, 2.05) is 36.6 Å². The van der Waals surface area contributed by atoms with E-state index in [1.165, 1.54) is 36.6 Å². The first-order valence-corrected chi connectivity index (χ1v) is 10.8. The molecule has 1 amide bonds. The van der Waals surface area contributed by atoms with Crippen LogP contribution in [0.1, 0.15) is 20.8 Å². The number of methoxy groups -OCH3 is 1. The van der Waals surface area contributed by atoms with E-state index in [0.717, 1.165) is 10.4 Å². The summed E-state index contributed by atoms with van der Waals surface area (Å²) in [5, 5.41) is 4.72. The lowest BCUT2D eigenvalue weighted by molar-refractivity contribution is 0.0951. The van der Waals surface area contributed by atoms with Crippen molar-refractivity contribution in [1.29, 1.82) is 0 Å². The second-order valence-electron chi connectivity index (χ2n) is 6.10. The van der Waals surface area contributed by atoms with E-state index in [0.29, 0.717) is 12.2 Å². The summed E-state index contributed by atoms with van der Waals surface area (Å²) < 4.78 is 33.4. The number of benzene rings is 2. The Morgan fingerprint density at radius 1 is 1.11 bits per heavy atom. The Labute approximate surface area is 168 Å². The summed E-state index contributed by atoms with van der Waals surface area (Å²) in [5.74, 6) is -0.197. The summed E-state index contributed by atoms with van der Waals surface area (Å²) >= 11 is 1.54. The van der Waals surface area contributed by atoms with Gasteiger partial charge in [0.05, 0.1) is 13.7 Å². The molecule has 3 aromatic rings. The smallest absolute Gasteiger partial charge is 0.265 e. The van der Waals surface area contributed by atoms with Crippen molar-refractivity contribution in [3.8, 4) is 5.75 Å². The fourth-order valence-corrected chi connectivity index (χ4v) is 4.44. The highest BCUT2D eigenvalue weighted by atomic mass is 32.2. The lowest BCUT2D eigenvalue weighted by Gasteiger charge is -2.13. The van der Waals surface area contributed by atoms with E-state index in [1.54, 1.807) is 12.1 Å². The molecule has 1 heterocycles. The van der Waals surface area contributed by atoms with Gasteiger partial charge in [-0.3, -0.25) is 9.52 Å². The molecule has 0 unspecified atom stereocenters. The van der Waals surface area contributed by atoms with Gasteiger partial charge in [0.1, 0.15) is 10.6 Å². The van der Waals surface area contributed by atoms with Gasteiger partial charge in [0.2, 0.25) is 0 Å². The molecular weight excluding hydrogens is 396 g/mol. The van der Waals surface area contributed by atoms with Crippen LogP contribution in [0, 0.1) is 6.92 Å². The molecule has 2 aromatic carbocycles. The molecule has 2 N–H and O–H groups in total. The summed E-state index contributed by atoms with van der Waals surface area (Å²) in [6, 6.07) is 15.1. The Morgan fingerprint density at radius 3 is 2.50 bits per heavy atom. The Morgan fingerprint density at radius 2 is 1.86 bits per heavy atom. The fourth-order valence-electron chi connectivity index (χ4n) is 2.54. The molecule has 0 aliphatic carbocycles. The minimum Gasteiger partial charge on any atom is -0.495 e. The number of anilines is 1. The van der Waals surface area contributed by atoms with E-state index in [9.17, 15) is 13.2 Å². The molecule has 3 rings (SSSR count). The quantitative estimate of drug-likeness (QED) is 0.614. The molecule has 146 valence electrons. The molecule has 0 radical (unpaired) electrons. The maximum Gasteiger partial charge on any atom is 0.265 e. The van der Waals surface area contributed by atoms with E-state index in [-0.39, 0.29) is 22.1 Å². The van der Waals surface area contributed by atoms with Crippen LogP contribution in [0.15, 0.2) is 64.9 Å². The number of thiophene rings is 1. The van der Waals surface area contributed by atoms with Gasteiger partial charge in [0.25, 0.3) is 15.9 Å². The van der Waals surface area contributed by atoms with Crippen LogP contribution < -0.4 is 14.8 Å². The minimum absolute atomic E-state index is 0.0978. The molecule has 0 fully saturated rings. The van der Waals surface area contributed by atoms with Crippen LogP contribution in [0.4, 0.5) is 5.69 Å². The van der Waals surface area contributed by atoms with E-state index in [2.05, 4.69) is 10.0 Å². The molecule has 0 bridgehead atoms. The third-order valence-electron chi connectivity index (χ3n) is 4.02. The average Bonchev–Trinajstić information content (AvgIpc) is 3.21. The van der Waals surface area contributed by atoms with Gasteiger partial charge in [0.15, 0.2) is 0 Å². The van der Waals surface area contributed by atoms with E-state index in [4.69, 9.17) is 4.74 Å². The first-order chi connectivity index (χ1) is 13.4. The van der Waals surface area contributed by atoms with Gasteiger partial charge in [-0.25, -0.2) is 8.42 Å². The van der Waals surface area contributed by atoms with Crippen molar-refractivity contribution in [2.75, 3.05) is 11.8 Å². The van der Waals surface area contributed by atoms with Crippen molar-refractivity contribution < 1.29 is 17.9 Å². The Kier molecular flexibility index (Phi) is 6.01. The van der Waals surface area contributed by atoms with Crippen molar-refractivity contribution in [3.05, 3.63) is 76.0 Å². The van der Waals surface area contributed by atoms with Gasteiger partial charge in [-0.1, -0.05) is 23.8 Å². The third-order valence-corrected chi connectivity index (χ3v) is 6.30. The molecule has 0 aliphatic heterocycles. The zero-order valence-corrected chi connectivity index (χ0v) is 17.1. The molecule has 0 saturated heterocycles. The minimum atomic E-state index is -3.94. The fraction of sp³-hybridized carbons (Fsp3) is 0.150. The van der Waals surface area contributed by atoms with Crippen LogP contribution in [-0.2, 0) is 16.6 Å². The number of ether oxygens (including phenoxy) is 1. The molecule has 1 aromatic heterocycles. The van der Waals surface area contributed by atoms with Crippen molar-refractivity contribution in [2.24, 2.45) is 0 Å². The molecular formula is C20H20N2O4S2. The number of nitrogens with one attached hydrogen (secondary N) is 2. The monoisotopic (exact) mass is 416 g/mol. The molecule has 8 heteroatoms. The summed E-state index contributed by atoms with van der Waals surface area (Å²) in [5.41, 5.74) is 1.69. The van der Waals surface area contributed by atoms with E-state index < -0.39 is 10.0 Å². The number of rotatable bonds is 7. The van der Waals surface area contributed by atoms with Crippen LogP contribution in [0.25, 0.3) is 0 Å². The predicted octanol–water partition coefficient (Wildman–Crippen LogP) is 3.80. The molecule has 28 heavy (non-hydrogen) atoms. The van der Waals surface area contributed by atoms with Crippen LogP contribution in [0.2, 0.25) is 0 Å². The van der Waals surface area contributed by atoms with E-state index >= 15 is 0 Å². The lowest BCUT2D eigenvalue weighted by Crippen LogP contribution is -2.23. The zero-order chi connectivity index (χ0) is 20.1. The van der Waals surface area contributed by atoms with Gasteiger partial charge >= 0.3 is 0 Å². The van der Waals surface area contributed by atoms with Crippen LogP contribution in [0.5, 0.6) is 5.75 Å². The van der Waals surface area contributed by atoms with Gasteiger partial charge in [-0.2, -0.15) is 0 Å². The highest BCUT2D eigenvalue weighted by Crippen LogP contribution is 2.27. The number of amides is 1. The predicted molar refractivity (Wildman–Crippen MR) is 110 cm³/mol. The maximum absolute atomic E-state index is 12.9. The van der Waals surface area contributed by atoms with Crippen LogP contribution in [0.3, 0.4) is 0 Å². The Bertz CT molecular complexity index is 1060. The Balaban J connectivity index is 1.85. The standard InChI is InChI=1S/C20H20N2O4S2/c1-14-5-8-16(9-6-14)22-28(24,25)19-12-15(7-10-18(19)26-2)20(23)21-13-17-4-3-11-27-17/h3-12,22H,13H2,1-2H3,(H,21,23). The van der Waals surface area contributed by atoms with Crippen molar-refractivity contribution in [3.63, 3.8) is 0 Å². The first kappa shape index (κ1) is 19.9. The lowest BCUT2D eigenvalue weighted by atomic mass is 10.2. The van der Waals surface area contributed by atoms with Gasteiger partial charge < -0.3 is 10.1 Å². The topological polar surface area (TPSA) is 84.5 Å². The summed E-state index contributed by atoms with van der Waals surface area (Å²) in [6.45, 7) is 2.30.